The molecule has 0 spiro atoms. The van der Waals surface area contributed by atoms with Gasteiger partial charge in [-0.3, -0.25) is 4.99 Å². The fourth-order valence-electron chi connectivity index (χ4n) is 2.93. The molecular weight excluding hydrogens is 376 g/mol. The number of rotatable bonds is 6. The third-order valence-electron chi connectivity index (χ3n) is 5.54. The van der Waals surface area contributed by atoms with Crippen LogP contribution in [0.4, 0.5) is 4.79 Å². The molecule has 2 rings (SSSR count). The minimum absolute atomic E-state index is 0.0957. The van der Waals surface area contributed by atoms with Crippen molar-refractivity contribution in [2.75, 3.05) is 20.1 Å². The third-order valence-corrected chi connectivity index (χ3v) is 7.27. The van der Waals surface area contributed by atoms with Gasteiger partial charge in [-0.1, -0.05) is 27.4 Å². The molecule has 1 saturated carbocycles. The van der Waals surface area contributed by atoms with Gasteiger partial charge in [0.05, 0.1) is 25.0 Å². The van der Waals surface area contributed by atoms with E-state index >= 15 is 0 Å². The number of carbonyl (C=O) groups excluding carboxylic acids is 1. The van der Waals surface area contributed by atoms with E-state index in [1.807, 2.05) is 20.8 Å². The number of amides is 1. The van der Waals surface area contributed by atoms with Crippen molar-refractivity contribution in [3.63, 3.8) is 0 Å². The largest absolute Gasteiger partial charge is 0.495 e. The normalized spacial score (nSPS) is 21.4. The van der Waals surface area contributed by atoms with E-state index in [-0.39, 0.29) is 23.8 Å². The number of allylic oxidation sites excluding steroid dienone is 1. The summed E-state index contributed by atoms with van der Waals surface area (Å²) in [6.07, 6.45) is 3.29. The van der Waals surface area contributed by atoms with Crippen LogP contribution in [0.5, 0.6) is 0 Å². The zero-order chi connectivity index (χ0) is 21.3. The van der Waals surface area contributed by atoms with Crippen molar-refractivity contribution in [2.45, 2.75) is 83.4 Å². The molecule has 1 saturated heterocycles. The van der Waals surface area contributed by atoms with Crippen molar-refractivity contribution < 1.29 is 19.4 Å². The van der Waals surface area contributed by atoms with E-state index in [1.54, 1.807) is 7.05 Å². The SMILES string of the molecule is C=C(OC1CCC1)C(C)(C)C(C)SC(=NC)C1(O)CN(C(=O)OC(C)(C)C)C1. The fourth-order valence-corrected chi connectivity index (χ4v) is 4.14. The number of ether oxygens (including phenoxy) is 2. The Hall–Kier alpha value is -1.21. The molecule has 7 heteroatoms. The van der Waals surface area contributed by atoms with Gasteiger partial charge in [-0.05, 0) is 40.0 Å². The molecule has 2 aliphatic rings. The van der Waals surface area contributed by atoms with Crippen LogP contribution in [0.15, 0.2) is 17.3 Å². The van der Waals surface area contributed by atoms with Crippen LogP contribution in [0.1, 0.15) is 60.8 Å². The number of hydrogen-bond acceptors (Lipinski definition) is 6. The molecule has 0 aromatic heterocycles. The molecule has 1 N–H and O–H groups in total. The molecule has 1 heterocycles. The molecule has 1 aliphatic carbocycles. The van der Waals surface area contributed by atoms with Gasteiger partial charge in [0.2, 0.25) is 0 Å². The fraction of sp³-hybridized carbons (Fsp3) is 0.810. The van der Waals surface area contributed by atoms with E-state index in [0.29, 0.717) is 11.1 Å². The summed E-state index contributed by atoms with van der Waals surface area (Å²) in [5.41, 5.74) is -1.96. The molecule has 28 heavy (non-hydrogen) atoms. The van der Waals surface area contributed by atoms with Gasteiger partial charge in [0, 0.05) is 17.7 Å². The quantitative estimate of drug-likeness (QED) is 0.402. The first-order chi connectivity index (χ1) is 12.8. The summed E-state index contributed by atoms with van der Waals surface area (Å²) < 4.78 is 11.4. The zero-order valence-electron chi connectivity index (χ0n) is 18.4. The Balaban J connectivity index is 1.94. The molecule has 0 bridgehead atoms. The maximum atomic E-state index is 12.2. The van der Waals surface area contributed by atoms with Crippen LogP contribution >= 0.6 is 11.8 Å². The van der Waals surface area contributed by atoms with Crippen LogP contribution in [0.25, 0.3) is 0 Å². The lowest BCUT2D eigenvalue weighted by atomic mass is 9.87. The number of aliphatic hydroxyl groups is 1. The molecule has 160 valence electrons. The number of hydrogen-bond donors (Lipinski definition) is 1. The Morgan fingerprint density at radius 3 is 2.29 bits per heavy atom. The van der Waals surface area contributed by atoms with E-state index in [1.165, 1.54) is 23.1 Å². The van der Waals surface area contributed by atoms with E-state index < -0.39 is 17.3 Å². The molecule has 1 unspecified atom stereocenters. The lowest BCUT2D eigenvalue weighted by Gasteiger charge is -2.47. The summed E-state index contributed by atoms with van der Waals surface area (Å²) in [6.45, 7) is 16.3. The van der Waals surface area contributed by atoms with Crippen molar-refractivity contribution in [2.24, 2.45) is 10.4 Å². The highest BCUT2D eigenvalue weighted by molar-refractivity contribution is 8.14. The summed E-state index contributed by atoms with van der Waals surface area (Å²) in [5.74, 6) is 0.781. The van der Waals surface area contributed by atoms with Crippen LogP contribution in [-0.2, 0) is 9.47 Å². The second-order valence-electron chi connectivity index (χ2n) is 9.47. The number of likely N-dealkylation sites (tertiary alicyclic amines) is 1. The Kier molecular flexibility index (Phi) is 6.81. The Morgan fingerprint density at radius 1 is 1.29 bits per heavy atom. The summed E-state index contributed by atoms with van der Waals surface area (Å²) >= 11 is 1.52. The molecule has 2 fully saturated rings. The standard InChI is InChI=1S/C21H36N2O4S/c1-14(26-16-10-9-11-16)20(6,7)15(2)28-17(22-8)21(25)12-23(13-21)18(24)27-19(3,4)5/h15-16,25H,1,9-13H2,2-8H3. The van der Waals surface area contributed by atoms with Crippen molar-refractivity contribution in [1.82, 2.24) is 4.90 Å². The molecule has 0 aromatic carbocycles. The molecule has 1 aliphatic heterocycles. The van der Waals surface area contributed by atoms with E-state index in [4.69, 9.17) is 9.47 Å². The van der Waals surface area contributed by atoms with Crippen LogP contribution in [-0.4, -0.2) is 63.8 Å². The third kappa shape index (κ3) is 5.23. The van der Waals surface area contributed by atoms with Gasteiger partial charge in [0.25, 0.3) is 0 Å². The monoisotopic (exact) mass is 412 g/mol. The smallest absolute Gasteiger partial charge is 0.410 e. The van der Waals surface area contributed by atoms with Crippen LogP contribution < -0.4 is 0 Å². The highest BCUT2D eigenvalue weighted by Crippen LogP contribution is 2.42. The minimum Gasteiger partial charge on any atom is -0.495 e. The number of nitrogens with zero attached hydrogens (tertiary/aromatic N) is 2. The summed E-state index contributed by atoms with van der Waals surface area (Å²) in [5, 5.41) is 11.7. The van der Waals surface area contributed by atoms with Gasteiger partial charge in [0.15, 0.2) is 0 Å². The first-order valence-electron chi connectivity index (χ1n) is 9.99. The predicted molar refractivity (Wildman–Crippen MR) is 115 cm³/mol. The van der Waals surface area contributed by atoms with Gasteiger partial charge < -0.3 is 19.5 Å². The summed E-state index contributed by atoms with van der Waals surface area (Å²) in [7, 11) is 1.68. The van der Waals surface area contributed by atoms with E-state index in [2.05, 4.69) is 32.3 Å². The average molecular weight is 413 g/mol. The molecule has 6 nitrogen and oxygen atoms in total. The highest BCUT2D eigenvalue weighted by atomic mass is 32.2. The number of carbonyl (C=O) groups is 1. The summed E-state index contributed by atoms with van der Waals surface area (Å²) in [6, 6.07) is 0. The molecular formula is C21H36N2O4S. The van der Waals surface area contributed by atoms with E-state index in [9.17, 15) is 9.90 Å². The summed E-state index contributed by atoms with van der Waals surface area (Å²) in [4.78, 5) is 18.0. The average Bonchev–Trinajstić information content (AvgIpc) is 2.50. The lowest BCUT2D eigenvalue weighted by molar-refractivity contribution is -0.0566. The maximum absolute atomic E-state index is 12.2. The van der Waals surface area contributed by atoms with Gasteiger partial charge in [-0.2, -0.15) is 0 Å². The van der Waals surface area contributed by atoms with Crippen molar-refractivity contribution in [3.8, 4) is 0 Å². The number of aliphatic imine (C=N–C) groups is 1. The van der Waals surface area contributed by atoms with Crippen molar-refractivity contribution in [3.05, 3.63) is 12.3 Å². The van der Waals surface area contributed by atoms with Gasteiger partial charge in [-0.15, -0.1) is 11.8 Å². The topological polar surface area (TPSA) is 71.4 Å². The second-order valence-corrected chi connectivity index (χ2v) is 10.8. The molecule has 1 amide bonds. The molecule has 0 radical (unpaired) electrons. The number of thioether (sulfide) groups is 1. The van der Waals surface area contributed by atoms with E-state index in [0.717, 1.165) is 18.6 Å². The predicted octanol–water partition coefficient (Wildman–Crippen LogP) is 4.23. The van der Waals surface area contributed by atoms with Crippen LogP contribution in [0.3, 0.4) is 0 Å². The molecule has 1 atom stereocenters. The first-order valence-corrected chi connectivity index (χ1v) is 10.9. The Bertz CT molecular complexity index is 629. The number of β-amino-alcohol motifs (C(OH)–C–C–N with tert-alkyl or cyclic N) is 1. The van der Waals surface area contributed by atoms with Gasteiger partial charge in [-0.25, -0.2) is 4.79 Å². The highest BCUT2D eigenvalue weighted by Gasteiger charge is 2.50. The first kappa shape index (κ1) is 23.1. The second kappa shape index (κ2) is 8.27. The van der Waals surface area contributed by atoms with Crippen molar-refractivity contribution in [1.29, 1.82) is 0 Å². The molecule has 0 aromatic rings. The van der Waals surface area contributed by atoms with Gasteiger partial charge in [0.1, 0.15) is 16.2 Å². The minimum atomic E-state index is -1.13. The Labute approximate surface area is 173 Å². The maximum Gasteiger partial charge on any atom is 0.410 e. The van der Waals surface area contributed by atoms with Crippen LogP contribution in [0.2, 0.25) is 0 Å². The van der Waals surface area contributed by atoms with Crippen LogP contribution in [0, 0.1) is 5.41 Å². The Morgan fingerprint density at radius 2 is 1.86 bits per heavy atom. The van der Waals surface area contributed by atoms with Crippen molar-refractivity contribution >= 4 is 22.9 Å². The van der Waals surface area contributed by atoms with Gasteiger partial charge >= 0.3 is 6.09 Å². The zero-order valence-corrected chi connectivity index (χ0v) is 19.2. The lowest BCUT2D eigenvalue weighted by Crippen LogP contribution is -2.67.